The summed E-state index contributed by atoms with van der Waals surface area (Å²) in [4.78, 5) is 61.0. The molecule has 0 aliphatic carbocycles. The molecule has 54 heavy (non-hydrogen) atoms. The zero-order valence-corrected chi connectivity index (χ0v) is 30.8. The van der Waals surface area contributed by atoms with E-state index in [2.05, 4.69) is 31.2 Å². The average Bonchev–Trinajstić information content (AvgIpc) is 3.88. The highest BCUT2D eigenvalue weighted by Gasteiger charge is 2.38. The molecule has 2 aromatic heterocycles. The van der Waals surface area contributed by atoms with Gasteiger partial charge in [0, 0.05) is 37.9 Å². The van der Waals surface area contributed by atoms with Crippen LogP contribution in [0.3, 0.4) is 0 Å². The number of nitrogens with one attached hydrogen (secondary N) is 4. The fourth-order valence-electron chi connectivity index (χ4n) is 5.60. The van der Waals surface area contributed by atoms with Gasteiger partial charge < -0.3 is 50.1 Å². The summed E-state index contributed by atoms with van der Waals surface area (Å²) >= 11 is 0. The zero-order chi connectivity index (χ0) is 39.0. The normalized spacial score (nSPS) is 14.6. The summed E-state index contributed by atoms with van der Waals surface area (Å²) in [7, 11) is 0. The first-order chi connectivity index (χ1) is 25.9. The van der Waals surface area contributed by atoms with Crippen molar-refractivity contribution in [2.24, 2.45) is 11.8 Å². The zero-order valence-electron chi connectivity index (χ0n) is 30.8. The van der Waals surface area contributed by atoms with Gasteiger partial charge in [-0.1, -0.05) is 88.4 Å². The number of alkyl carbamates (subject to hydrolysis) is 2. The van der Waals surface area contributed by atoms with Crippen molar-refractivity contribution in [2.45, 2.75) is 90.4 Å². The molecule has 0 aliphatic rings. The summed E-state index contributed by atoms with van der Waals surface area (Å²) in [6.45, 7) is 6.91. The maximum absolute atomic E-state index is 13.7. The monoisotopic (exact) mass is 746 g/mol. The molecule has 16 nitrogen and oxygen atoms in total. The molecular weight excluding hydrogens is 696 g/mol. The second kappa shape index (κ2) is 20.5. The summed E-state index contributed by atoms with van der Waals surface area (Å²) < 4.78 is 13.9. The predicted molar refractivity (Wildman–Crippen MR) is 197 cm³/mol. The van der Waals surface area contributed by atoms with Crippen molar-refractivity contribution in [2.75, 3.05) is 0 Å². The fraction of sp³-hybridized carbons (Fsp3) is 0.421. The smallest absolute Gasteiger partial charge is 0.408 e. The highest BCUT2D eigenvalue weighted by molar-refractivity contribution is 5.87. The molecule has 0 spiro atoms. The summed E-state index contributed by atoms with van der Waals surface area (Å²) in [6, 6.07) is 13.7. The molecule has 4 rings (SSSR count). The third kappa shape index (κ3) is 12.7. The topological polar surface area (TPSA) is 211 Å². The van der Waals surface area contributed by atoms with Gasteiger partial charge in [-0.15, -0.1) is 0 Å². The van der Waals surface area contributed by atoms with Gasteiger partial charge in [0.1, 0.15) is 37.5 Å². The van der Waals surface area contributed by atoms with Gasteiger partial charge in [-0.2, -0.15) is 0 Å². The number of hydrogen-bond acceptors (Lipinski definition) is 10. The molecule has 0 unspecified atom stereocenters. The number of aliphatic hydroxyl groups excluding tert-OH is 2. The number of amides is 4. The standard InChI is InChI=1S/C38H50N8O8/c1-25(2)31(43-37(51)53-21-27-11-7-5-8-12-27)35(49)41-29(19-45-17-15-39-23-45)33(47)34(48)30(20-46-18-16-40-24-46)42-36(50)32(26(3)4)44-38(52)54-22-28-13-9-6-10-14-28/h5-18,23-26,29-34,47-48H,19-22H2,1-4H3,(H,41,49)(H,42,50)(H,43,51)(H,44,52)/t29-,30-,31-,32-,33+,34+/m0/s1. The summed E-state index contributed by atoms with van der Waals surface area (Å²) in [5.41, 5.74) is 1.54. The molecule has 16 heteroatoms. The lowest BCUT2D eigenvalue weighted by molar-refractivity contribution is -0.129. The van der Waals surface area contributed by atoms with Crippen molar-refractivity contribution in [3.8, 4) is 0 Å². The van der Waals surface area contributed by atoms with E-state index in [-0.39, 0.29) is 26.3 Å². The number of rotatable bonds is 19. The summed E-state index contributed by atoms with van der Waals surface area (Å²) in [5.74, 6) is -2.05. The quantitative estimate of drug-likeness (QED) is 0.0825. The number of ether oxygens (including phenoxy) is 2. The molecule has 0 radical (unpaired) electrons. The highest BCUT2D eigenvalue weighted by Crippen LogP contribution is 2.14. The number of carbonyl (C=O) groups excluding carboxylic acids is 4. The van der Waals surface area contributed by atoms with Crippen LogP contribution in [0.25, 0.3) is 0 Å². The van der Waals surface area contributed by atoms with Gasteiger partial charge in [0.15, 0.2) is 0 Å². The molecule has 290 valence electrons. The lowest BCUT2D eigenvalue weighted by Crippen LogP contribution is -2.62. The largest absolute Gasteiger partial charge is 0.445 e. The molecule has 6 atom stereocenters. The van der Waals surface area contributed by atoms with Crippen molar-refractivity contribution >= 4 is 24.0 Å². The van der Waals surface area contributed by atoms with Crippen molar-refractivity contribution < 1.29 is 38.9 Å². The first-order valence-electron chi connectivity index (χ1n) is 17.7. The molecule has 0 aliphatic heterocycles. The molecule has 0 saturated heterocycles. The maximum atomic E-state index is 13.7. The van der Waals surface area contributed by atoms with Crippen LogP contribution in [-0.2, 0) is 45.4 Å². The Morgan fingerprint density at radius 3 is 1.30 bits per heavy atom. The van der Waals surface area contributed by atoms with Gasteiger partial charge in [0.2, 0.25) is 11.8 Å². The Morgan fingerprint density at radius 2 is 0.981 bits per heavy atom. The second-order valence-corrected chi connectivity index (χ2v) is 13.6. The van der Waals surface area contributed by atoms with Crippen LogP contribution in [0.15, 0.2) is 98.1 Å². The minimum absolute atomic E-state index is 0.000644. The van der Waals surface area contributed by atoms with Crippen LogP contribution < -0.4 is 21.3 Å². The SMILES string of the molecule is CC(C)[C@H](NC(=O)OCc1ccccc1)C(=O)N[C@@H](Cn1ccnc1)[C@@H](O)[C@H](O)[C@H](Cn1ccnc1)NC(=O)[C@@H](NC(=O)OCc1ccccc1)C(C)C. The van der Waals surface area contributed by atoms with Gasteiger partial charge in [0.05, 0.1) is 24.7 Å². The van der Waals surface area contributed by atoms with E-state index in [1.807, 2.05) is 36.4 Å². The van der Waals surface area contributed by atoms with E-state index in [4.69, 9.17) is 9.47 Å². The Balaban J connectivity index is 1.49. The molecule has 2 aromatic carbocycles. The van der Waals surface area contributed by atoms with Crippen LogP contribution in [0.4, 0.5) is 9.59 Å². The molecule has 4 aromatic rings. The molecule has 4 amide bonds. The van der Waals surface area contributed by atoms with Crippen LogP contribution in [0.5, 0.6) is 0 Å². The fourth-order valence-corrected chi connectivity index (χ4v) is 5.60. The van der Waals surface area contributed by atoms with Gasteiger partial charge in [-0.05, 0) is 23.0 Å². The highest BCUT2D eigenvalue weighted by atomic mass is 16.6. The van der Waals surface area contributed by atoms with E-state index in [1.54, 1.807) is 73.5 Å². The molecule has 0 saturated carbocycles. The van der Waals surface area contributed by atoms with Crippen molar-refractivity contribution in [1.29, 1.82) is 0 Å². The Hall–Kier alpha value is -5.74. The summed E-state index contributed by atoms with van der Waals surface area (Å²) in [6.07, 6.45) is 4.32. The van der Waals surface area contributed by atoms with Gasteiger partial charge in [0.25, 0.3) is 0 Å². The van der Waals surface area contributed by atoms with Crippen LogP contribution in [0.1, 0.15) is 38.8 Å². The van der Waals surface area contributed by atoms with Crippen LogP contribution >= 0.6 is 0 Å². The van der Waals surface area contributed by atoms with Crippen molar-refractivity contribution in [1.82, 2.24) is 40.4 Å². The molecule has 2 heterocycles. The van der Waals surface area contributed by atoms with E-state index >= 15 is 0 Å². The van der Waals surface area contributed by atoms with E-state index in [1.165, 1.54) is 25.0 Å². The number of aromatic nitrogens is 4. The number of carbonyl (C=O) groups is 4. The first kappa shape index (κ1) is 41.0. The lowest BCUT2D eigenvalue weighted by Gasteiger charge is -2.35. The number of benzene rings is 2. The third-order valence-corrected chi connectivity index (χ3v) is 8.63. The van der Waals surface area contributed by atoms with Gasteiger partial charge in [-0.3, -0.25) is 9.59 Å². The maximum Gasteiger partial charge on any atom is 0.408 e. The Labute approximate surface area is 314 Å². The van der Waals surface area contributed by atoms with E-state index in [9.17, 15) is 29.4 Å². The van der Waals surface area contributed by atoms with Gasteiger partial charge in [-0.25, -0.2) is 19.6 Å². The van der Waals surface area contributed by atoms with E-state index in [0.717, 1.165) is 11.1 Å². The first-order valence-corrected chi connectivity index (χ1v) is 17.7. The Kier molecular flexibility index (Phi) is 15.6. The molecule has 6 N–H and O–H groups in total. The number of nitrogens with zero attached hydrogens (tertiary/aromatic N) is 4. The Morgan fingerprint density at radius 1 is 0.611 bits per heavy atom. The van der Waals surface area contributed by atoms with E-state index < -0.39 is 72.2 Å². The summed E-state index contributed by atoms with van der Waals surface area (Å²) in [5, 5.41) is 34.3. The molecule has 0 fully saturated rings. The van der Waals surface area contributed by atoms with E-state index in [0.29, 0.717) is 0 Å². The van der Waals surface area contributed by atoms with Crippen molar-refractivity contribution in [3.05, 3.63) is 109 Å². The van der Waals surface area contributed by atoms with Crippen LogP contribution in [0, 0.1) is 11.8 Å². The Bertz CT molecular complexity index is 1590. The van der Waals surface area contributed by atoms with Crippen LogP contribution in [0.2, 0.25) is 0 Å². The second-order valence-electron chi connectivity index (χ2n) is 13.6. The van der Waals surface area contributed by atoms with Gasteiger partial charge >= 0.3 is 12.2 Å². The number of imidazole rings is 2. The predicted octanol–water partition coefficient (Wildman–Crippen LogP) is 2.37. The minimum Gasteiger partial charge on any atom is -0.445 e. The van der Waals surface area contributed by atoms with Crippen molar-refractivity contribution in [3.63, 3.8) is 0 Å². The molecular formula is C38H50N8O8. The number of hydrogen-bond donors (Lipinski definition) is 6. The lowest BCUT2D eigenvalue weighted by atomic mass is 9.96. The number of aliphatic hydroxyl groups is 2. The minimum atomic E-state index is -1.66. The average molecular weight is 747 g/mol. The van der Waals surface area contributed by atoms with Crippen LogP contribution in [-0.4, -0.2) is 89.7 Å². The third-order valence-electron chi connectivity index (χ3n) is 8.63. The molecule has 0 bridgehead atoms.